The number of guanidine groups is 1. The summed E-state index contributed by atoms with van der Waals surface area (Å²) in [7, 11) is 0. The number of carbonyl (C=O) groups is 15. The number of aliphatic hydroxyl groups is 1. The van der Waals surface area contributed by atoms with E-state index in [4.69, 9.17) is 34.4 Å². The number of primary amides is 3. The molecule has 2 aromatic heterocycles. The molecule has 0 aliphatic carbocycles. The summed E-state index contributed by atoms with van der Waals surface area (Å²) in [5.74, 6) is -16.2. The van der Waals surface area contributed by atoms with Gasteiger partial charge in [-0.25, -0.2) is 4.68 Å². The molecule has 3 heterocycles. The molecule has 39 nitrogen and oxygen atoms in total. The van der Waals surface area contributed by atoms with Crippen LogP contribution in [0.1, 0.15) is 122 Å². The van der Waals surface area contributed by atoms with Gasteiger partial charge in [-0.05, 0) is 99.5 Å². The Balaban J connectivity index is 1.48. The fourth-order valence-electron chi connectivity index (χ4n) is 12.2. The van der Waals surface area contributed by atoms with Crippen molar-refractivity contribution in [2.24, 2.45) is 51.2 Å². The smallest absolute Gasteiger partial charge is 0.303 e. The molecule has 620 valence electrons. The number of carboxylic acid groups (broad SMARTS) is 1. The number of aryl methyl sites for hydroxylation is 1. The van der Waals surface area contributed by atoms with Gasteiger partial charge in [-0.15, -0.1) is 5.10 Å². The van der Waals surface area contributed by atoms with Gasteiger partial charge < -0.3 is 108 Å². The maximum Gasteiger partial charge on any atom is 0.303 e. The number of hydrogen-bond acceptors (Lipinski definition) is 22. The summed E-state index contributed by atoms with van der Waals surface area (Å²) >= 11 is 2.78. The molecule has 41 heteroatoms. The van der Waals surface area contributed by atoms with Gasteiger partial charge in [0.1, 0.15) is 72.2 Å². The van der Waals surface area contributed by atoms with E-state index in [9.17, 15) is 67.7 Å². The summed E-state index contributed by atoms with van der Waals surface area (Å²) in [5, 5.41) is 55.0. The van der Waals surface area contributed by atoms with Crippen LogP contribution in [0.4, 0.5) is 0 Å². The normalized spacial score (nSPS) is 16.7. The lowest BCUT2D eigenvalue weighted by Crippen LogP contribution is -2.62. The van der Waals surface area contributed by atoms with Gasteiger partial charge in [0, 0.05) is 55.0 Å². The molecular formula is C72H108N22O17S2. The van der Waals surface area contributed by atoms with Gasteiger partial charge in [0.25, 0.3) is 0 Å². The SMILES string of the molecule is CC[C@H](C)[C@H](NC(=O)[C@@H](N)CCCN=C(N)N)C(=O)N[C@@H](CC(N)=O)C(=O)N[C@@H](CC(N)=O)C(=O)N[C@H](C(=O)N1C[C@@H](n2cc(-c3cccc(C)c3)nn2)C[C@H]1C(=O)N[C@@H](Cc1c[nH]c2ccccc12)C(=O)N[C@@H](CO)C(=O)N[C@@H](CCC(=O)O)C(=O)N[C@@H](C)C(=O)N[C@@H](CCSC)C(=O)N[C@@H](CCSC)C(N)=O)[C@@H](C)CC. The zero-order valence-corrected chi connectivity index (χ0v) is 66.1. The van der Waals surface area contributed by atoms with Gasteiger partial charge in [-0.2, -0.15) is 23.5 Å². The van der Waals surface area contributed by atoms with Crippen LogP contribution in [-0.4, -0.2) is 246 Å². The van der Waals surface area contributed by atoms with Crippen LogP contribution in [0.25, 0.3) is 22.2 Å². The maximum absolute atomic E-state index is 15.7. The van der Waals surface area contributed by atoms with Crippen molar-refractivity contribution >= 4 is 129 Å². The first-order chi connectivity index (χ1) is 53.5. The van der Waals surface area contributed by atoms with E-state index >= 15 is 14.4 Å². The number of nitrogens with two attached hydrogens (primary N) is 6. The summed E-state index contributed by atoms with van der Waals surface area (Å²) < 4.78 is 1.44. The molecule has 14 amide bonds. The number of amides is 14. The van der Waals surface area contributed by atoms with E-state index in [0.717, 1.165) is 10.5 Å². The molecule has 0 saturated carbocycles. The summed E-state index contributed by atoms with van der Waals surface area (Å²) in [4.78, 5) is 216. The number of nitrogens with zero attached hydrogens (tertiary/aromatic N) is 5. The van der Waals surface area contributed by atoms with Crippen molar-refractivity contribution in [3.05, 3.63) is 72.1 Å². The average Bonchev–Trinajstić information content (AvgIpc) is 1.63. The largest absolute Gasteiger partial charge is 0.481 e. The van der Waals surface area contributed by atoms with Crippen molar-refractivity contribution in [2.75, 3.05) is 43.7 Å². The molecule has 25 N–H and O–H groups in total. The number of benzene rings is 2. The Morgan fingerprint density at radius 2 is 1.16 bits per heavy atom. The zero-order valence-electron chi connectivity index (χ0n) is 64.5. The van der Waals surface area contributed by atoms with Gasteiger partial charge in [0.05, 0.1) is 37.7 Å². The number of rotatable bonds is 48. The number of aliphatic imine (C=N–C) groups is 1. The second-order valence-corrected chi connectivity index (χ2v) is 29.8. The summed E-state index contributed by atoms with van der Waals surface area (Å²) in [5.41, 5.74) is 36.8. The van der Waals surface area contributed by atoms with Crippen molar-refractivity contribution in [3.63, 3.8) is 0 Å². The lowest BCUT2D eigenvalue weighted by atomic mass is 9.96. The number of carbonyl (C=O) groups excluding carboxylic acids is 14. The van der Waals surface area contributed by atoms with E-state index < -0.39 is 211 Å². The number of nitrogens with one attached hydrogen (secondary N) is 11. The standard InChI is InChI=1S/C72H108N22O17S2/c1-9-37(4)58(89-62(102)44(73)18-14-24-79-72(77)78)70(110)87-50(30-55(74)96)66(106)85-51(31-56(75)97)67(107)90-59(38(5)10-2)71(111)93-33-42(94-34-52(91-92-94)40-16-13-15-36(3)27-40)29-54(93)69(109)86-49(28-41-32-80-45-19-12-11-17-43(41)45)65(105)88-53(35-95)68(108)84-47(20-21-57(98)99)63(103)81-39(6)61(101)83-48(23-26-113-8)64(104)82-46(60(76)100)22-25-112-7/h11-13,15-17,19,27,32,34,37-39,42,44,46-51,53-54,58-59,80,95H,9-10,14,18,20-26,28-31,33,35,73H2,1-8H3,(H2,74,96)(H2,75,97)(H2,76,100)(H,81,103)(H,82,104)(H,83,101)(H,84,108)(H,85,106)(H,86,109)(H,87,110)(H,88,105)(H,89,102)(H,90,107)(H,98,99)(H4,77,78,79)/t37-,38-,39-,42-,44-,46-,47-,48-,49-,50-,51-,53-,54-,58-,59-/m0/s1. The van der Waals surface area contributed by atoms with Crippen molar-refractivity contribution in [2.45, 2.75) is 197 Å². The minimum atomic E-state index is -1.94. The molecule has 15 atom stereocenters. The lowest BCUT2D eigenvalue weighted by molar-refractivity contribution is -0.144. The highest BCUT2D eigenvalue weighted by Crippen LogP contribution is 2.31. The summed E-state index contributed by atoms with van der Waals surface area (Å²) in [6, 6.07) is -5.06. The number of para-hydroxylation sites is 1. The second-order valence-electron chi connectivity index (χ2n) is 27.8. The third kappa shape index (κ3) is 28.6. The molecule has 0 unspecified atom stereocenters. The first kappa shape index (κ1) is 92.7. The molecule has 4 aromatic rings. The maximum atomic E-state index is 15.7. The van der Waals surface area contributed by atoms with Gasteiger partial charge in [-0.3, -0.25) is 76.9 Å². The zero-order chi connectivity index (χ0) is 83.9. The van der Waals surface area contributed by atoms with Crippen LogP contribution in [0.3, 0.4) is 0 Å². The number of carboxylic acids is 1. The van der Waals surface area contributed by atoms with Gasteiger partial charge in [0.15, 0.2) is 5.96 Å². The number of aliphatic hydroxyl groups excluding tert-OH is 1. The molecule has 2 aromatic carbocycles. The highest BCUT2D eigenvalue weighted by molar-refractivity contribution is 7.98. The minimum Gasteiger partial charge on any atom is -0.481 e. The van der Waals surface area contributed by atoms with Crippen LogP contribution < -0.4 is 87.6 Å². The number of aromatic amines is 1. The summed E-state index contributed by atoms with van der Waals surface area (Å²) in [6.07, 6.45) is 4.25. The Morgan fingerprint density at radius 1 is 0.619 bits per heavy atom. The summed E-state index contributed by atoms with van der Waals surface area (Å²) in [6.45, 7) is 8.44. The number of H-pyrrole nitrogens is 1. The van der Waals surface area contributed by atoms with Crippen LogP contribution in [0.5, 0.6) is 0 Å². The topological polar surface area (TPSA) is 635 Å². The Kier molecular flexibility index (Phi) is 37.3. The van der Waals surface area contributed by atoms with E-state index in [1.807, 2.05) is 25.1 Å². The van der Waals surface area contributed by atoms with Gasteiger partial charge in [0.2, 0.25) is 82.7 Å². The van der Waals surface area contributed by atoms with Crippen LogP contribution in [-0.2, 0) is 78.3 Å². The quantitative estimate of drug-likeness (QED) is 0.0114. The van der Waals surface area contributed by atoms with Crippen molar-refractivity contribution < 1.29 is 82.1 Å². The predicted molar refractivity (Wildman–Crippen MR) is 420 cm³/mol. The van der Waals surface area contributed by atoms with E-state index in [1.54, 1.807) is 82.9 Å². The highest BCUT2D eigenvalue weighted by atomic mass is 32.2. The fourth-order valence-corrected chi connectivity index (χ4v) is 13.2. The molecule has 1 aliphatic heterocycles. The molecule has 0 bridgehead atoms. The molecule has 1 aliphatic rings. The van der Waals surface area contributed by atoms with E-state index in [1.165, 1.54) is 35.1 Å². The van der Waals surface area contributed by atoms with Gasteiger partial charge in [-0.1, -0.05) is 87.7 Å². The Hall–Kier alpha value is -10.9. The van der Waals surface area contributed by atoms with E-state index in [0.29, 0.717) is 52.1 Å². The molecule has 1 saturated heterocycles. The van der Waals surface area contributed by atoms with Crippen molar-refractivity contribution in [3.8, 4) is 11.3 Å². The van der Waals surface area contributed by atoms with Crippen LogP contribution in [0.15, 0.2) is 65.9 Å². The molecule has 1 fully saturated rings. The van der Waals surface area contributed by atoms with Gasteiger partial charge >= 0.3 is 5.97 Å². The van der Waals surface area contributed by atoms with E-state index in [2.05, 4.69) is 73.5 Å². The van der Waals surface area contributed by atoms with Crippen LogP contribution in [0, 0.1) is 18.8 Å². The average molecular weight is 1620 g/mol. The number of thioether (sulfide) groups is 2. The lowest BCUT2D eigenvalue weighted by Gasteiger charge is -2.33. The monoisotopic (exact) mass is 1620 g/mol. The van der Waals surface area contributed by atoms with Crippen molar-refractivity contribution in [1.29, 1.82) is 0 Å². The molecule has 5 rings (SSSR count). The van der Waals surface area contributed by atoms with Crippen LogP contribution >= 0.6 is 23.5 Å². The Bertz CT molecular complexity index is 4040. The number of aromatic nitrogens is 4. The number of aliphatic carboxylic acids is 1. The first-order valence-corrected chi connectivity index (χ1v) is 39.7. The highest BCUT2D eigenvalue weighted by Gasteiger charge is 2.46. The van der Waals surface area contributed by atoms with E-state index in [-0.39, 0.29) is 57.6 Å². The third-order valence-corrected chi connectivity index (χ3v) is 20.4. The number of hydrogen-bond donors (Lipinski definition) is 19. The molecule has 113 heavy (non-hydrogen) atoms. The molecule has 0 spiro atoms. The fraction of sp³-hybridized carbons (Fsp3) is 0.556. The minimum absolute atomic E-state index is 0.0894. The Labute approximate surface area is 661 Å². The third-order valence-electron chi connectivity index (χ3n) is 19.1. The first-order valence-electron chi connectivity index (χ1n) is 36.9. The molecular weight excluding hydrogens is 1510 g/mol. The second kappa shape index (κ2) is 45.5. The van der Waals surface area contributed by atoms with Crippen LogP contribution in [0.2, 0.25) is 0 Å². The predicted octanol–water partition coefficient (Wildman–Crippen LogP) is -3.94. The number of fused-ring (bicyclic) bond motifs is 1. The number of likely N-dealkylation sites (tertiary alicyclic amines) is 1. The Morgan fingerprint density at radius 3 is 1.76 bits per heavy atom. The molecule has 0 radical (unpaired) electrons. The van der Waals surface area contributed by atoms with Crippen molar-refractivity contribution in [1.82, 2.24) is 78.0 Å².